The molecule has 2 rings (SSSR count). The van der Waals surface area contributed by atoms with E-state index in [0.29, 0.717) is 5.56 Å². The van der Waals surface area contributed by atoms with E-state index in [1.165, 1.54) is 43.5 Å². The van der Waals surface area contributed by atoms with Crippen LogP contribution in [0.5, 0.6) is 17.2 Å². The topological polar surface area (TPSA) is 82.1 Å². The monoisotopic (exact) mass is 474 g/mol. The molecule has 0 atom stereocenters. The van der Waals surface area contributed by atoms with Gasteiger partial charge < -0.3 is 19.3 Å². The Labute approximate surface area is 185 Å². The molecule has 6 nitrogen and oxygen atoms in total. The molecule has 2 aromatic carbocycles. The Morgan fingerprint density at radius 1 is 1.00 bits per heavy atom. The SMILES string of the molecule is COc1cc(C(=O)Oc2ccc(/C=C/C(=O)O)cc2)ccc1OCCCC(F)(F)C(F)(F)F. The van der Waals surface area contributed by atoms with Crippen LogP contribution >= 0.6 is 0 Å². The number of rotatable bonds is 10. The Balaban J connectivity index is 1.98. The fraction of sp³-hybridized carbons (Fsp3) is 0.273. The first kappa shape index (κ1) is 25.6. The van der Waals surface area contributed by atoms with Gasteiger partial charge in [0.1, 0.15) is 5.75 Å². The van der Waals surface area contributed by atoms with Crippen LogP contribution < -0.4 is 14.2 Å². The van der Waals surface area contributed by atoms with Crippen molar-refractivity contribution in [1.29, 1.82) is 0 Å². The molecule has 0 fully saturated rings. The van der Waals surface area contributed by atoms with E-state index in [1.807, 2.05) is 0 Å². The van der Waals surface area contributed by atoms with Crippen LogP contribution in [0.15, 0.2) is 48.5 Å². The third-order valence-electron chi connectivity index (χ3n) is 4.22. The summed E-state index contributed by atoms with van der Waals surface area (Å²) in [4.78, 5) is 22.9. The standard InChI is InChI=1S/C22H19F5O6/c1-31-18-13-15(6-9-17(18)32-12-2-11-21(23,24)22(25,26)27)20(30)33-16-7-3-14(4-8-16)5-10-19(28)29/h3-10,13H,2,11-12H2,1H3,(H,28,29)/b10-5+. The highest BCUT2D eigenvalue weighted by Crippen LogP contribution is 2.39. The van der Waals surface area contributed by atoms with Crippen molar-refractivity contribution in [2.75, 3.05) is 13.7 Å². The number of aliphatic carboxylic acids is 1. The van der Waals surface area contributed by atoms with Gasteiger partial charge in [0.2, 0.25) is 0 Å². The van der Waals surface area contributed by atoms with Gasteiger partial charge in [-0.2, -0.15) is 22.0 Å². The molecule has 1 N–H and O–H groups in total. The molecule has 2 aromatic rings. The first-order chi connectivity index (χ1) is 15.4. The van der Waals surface area contributed by atoms with Crippen LogP contribution in [-0.2, 0) is 4.79 Å². The number of esters is 1. The number of methoxy groups -OCH3 is 1. The van der Waals surface area contributed by atoms with Gasteiger partial charge in [0.05, 0.1) is 19.3 Å². The molecular formula is C22H19F5O6. The van der Waals surface area contributed by atoms with Crippen molar-refractivity contribution < 1.29 is 50.9 Å². The Morgan fingerprint density at radius 2 is 1.67 bits per heavy atom. The molecule has 0 heterocycles. The van der Waals surface area contributed by atoms with Crippen molar-refractivity contribution in [2.24, 2.45) is 0 Å². The predicted octanol–water partition coefficient (Wildman–Crippen LogP) is 5.37. The molecule has 33 heavy (non-hydrogen) atoms. The lowest BCUT2D eigenvalue weighted by molar-refractivity contribution is -0.284. The van der Waals surface area contributed by atoms with Gasteiger partial charge in [-0.3, -0.25) is 0 Å². The van der Waals surface area contributed by atoms with Crippen LogP contribution in [-0.4, -0.2) is 42.9 Å². The summed E-state index contributed by atoms with van der Waals surface area (Å²) < 4.78 is 77.9. The summed E-state index contributed by atoms with van der Waals surface area (Å²) in [5, 5.41) is 8.61. The van der Waals surface area contributed by atoms with Crippen molar-refractivity contribution in [3.05, 3.63) is 59.7 Å². The lowest BCUT2D eigenvalue weighted by Crippen LogP contribution is -2.36. The fourth-order valence-electron chi connectivity index (χ4n) is 2.51. The van der Waals surface area contributed by atoms with Crippen LogP contribution in [0.4, 0.5) is 22.0 Å². The zero-order valence-corrected chi connectivity index (χ0v) is 17.2. The summed E-state index contributed by atoms with van der Waals surface area (Å²) in [6.45, 7) is -0.422. The molecule has 178 valence electrons. The number of carboxylic acids is 1. The maximum Gasteiger partial charge on any atom is 0.453 e. The maximum atomic E-state index is 12.9. The number of carbonyl (C=O) groups is 2. The first-order valence-corrected chi connectivity index (χ1v) is 9.41. The van der Waals surface area contributed by atoms with Crippen molar-refractivity contribution in [2.45, 2.75) is 24.9 Å². The highest BCUT2D eigenvalue weighted by Gasteiger charge is 2.56. The molecule has 0 aliphatic carbocycles. The minimum absolute atomic E-state index is 0.0546. The molecule has 0 bridgehead atoms. The molecule has 0 saturated heterocycles. The van der Waals surface area contributed by atoms with E-state index < -0.39 is 43.5 Å². The number of carbonyl (C=O) groups excluding carboxylic acids is 1. The largest absolute Gasteiger partial charge is 0.493 e. The number of hydrogen-bond acceptors (Lipinski definition) is 5. The first-order valence-electron chi connectivity index (χ1n) is 9.41. The van der Waals surface area contributed by atoms with Crippen molar-refractivity contribution in [3.8, 4) is 17.2 Å². The summed E-state index contributed by atoms with van der Waals surface area (Å²) in [6, 6.07) is 9.90. The quantitative estimate of drug-likeness (QED) is 0.164. The highest BCUT2D eigenvalue weighted by atomic mass is 19.4. The summed E-state index contributed by atoms with van der Waals surface area (Å²) in [5.41, 5.74) is 0.644. The van der Waals surface area contributed by atoms with Gasteiger partial charge >= 0.3 is 24.0 Å². The van der Waals surface area contributed by atoms with Gasteiger partial charge in [-0.1, -0.05) is 12.1 Å². The van der Waals surface area contributed by atoms with Gasteiger partial charge in [0.15, 0.2) is 11.5 Å². The van der Waals surface area contributed by atoms with Crippen LogP contribution in [0, 0.1) is 0 Å². The zero-order chi connectivity index (χ0) is 24.6. The molecule has 0 saturated carbocycles. The van der Waals surface area contributed by atoms with Crippen LogP contribution in [0.3, 0.4) is 0 Å². The molecule has 11 heteroatoms. The lowest BCUT2D eigenvalue weighted by atomic mass is 10.2. The van der Waals surface area contributed by atoms with Gasteiger partial charge in [-0.15, -0.1) is 0 Å². The average molecular weight is 474 g/mol. The minimum atomic E-state index is -5.62. The third kappa shape index (κ3) is 7.48. The molecule has 0 unspecified atom stereocenters. The number of benzene rings is 2. The van der Waals surface area contributed by atoms with Crippen molar-refractivity contribution in [1.82, 2.24) is 0 Å². The van der Waals surface area contributed by atoms with Gasteiger partial charge in [-0.05, 0) is 48.4 Å². The Bertz CT molecular complexity index is 999. The van der Waals surface area contributed by atoms with Crippen LogP contribution in [0.25, 0.3) is 6.08 Å². The Morgan fingerprint density at radius 3 is 2.24 bits per heavy atom. The summed E-state index contributed by atoms with van der Waals surface area (Å²) in [7, 11) is 1.26. The molecule has 0 spiro atoms. The third-order valence-corrected chi connectivity index (χ3v) is 4.22. The van der Waals surface area contributed by atoms with Crippen molar-refractivity contribution in [3.63, 3.8) is 0 Å². The maximum absolute atomic E-state index is 12.9. The van der Waals surface area contributed by atoms with E-state index in [0.717, 1.165) is 6.08 Å². The van der Waals surface area contributed by atoms with E-state index in [4.69, 9.17) is 19.3 Å². The van der Waals surface area contributed by atoms with Gasteiger partial charge in [-0.25, -0.2) is 9.59 Å². The minimum Gasteiger partial charge on any atom is -0.493 e. The van der Waals surface area contributed by atoms with Crippen LogP contribution in [0.2, 0.25) is 0 Å². The number of carboxylic acid groups (broad SMARTS) is 1. The van der Waals surface area contributed by atoms with Gasteiger partial charge in [0.25, 0.3) is 0 Å². The number of halogens is 5. The Kier molecular flexibility index (Phi) is 8.38. The average Bonchev–Trinajstić information content (AvgIpc) is 2.75. The molecule has 0 radical (unpaired) electrons. The predicted molar refractivity (Wildman–Crippen MR) is 107 cm³/mol. The lowest BCUT2D eigenvalue weighted by Gasteiger charge is -2.19. The molecule has 0 aromatic heterocycles. The van der Waals surface area contributed by atoms with E-state index in [-0.39, 0.29) is 22.8 Å². The zero-order valence-electron chi connectivity index (χ0n) is 17.2. The number of hydrogen-bond donors (Lipinski definition) is 1. The number of alkyl halides is 5. The number of ether oxygens (including phenoxy) is 3. The second-order valence-corrected chi connectivity index (χ2v) is 6.65. The van der Waals surface area contributed by atoms with E-state index in [2.05, 4.69) is 0 Å². The molecule has 0 aliphatic heterocycles. The smallest absolute Gasteiger partial charge is 0.453 e. The summed E-state index contributed by atoms with van der Waals surface area (Å²) in [5.74, 6) is -6.36. The second kappa shape index (κ2) is 10.8. The summed E-state index contributed by atoms with van der Waals surface area (Å²) in [6.07, 6.45) is -5.28. The highest BCUT2D eigenvalue weighted by molar-refractivity contribution is 5.92. The van der Waals surface area contributed by atoms with E-state index >= 15 is 0 Å². The molecule has 0 aliphatic rings. The van der Waals surface area contributed by atoms with E-state index in [9.17, 15) is 31.5 Å². The Hall–Kier alpha value is -3.63. The molecule has 0 amide bonds. The van der Waals surface area contributed by atoms with E-state index in [1.54, 1.807) is 12.1 Å². The fourth-order valence-corrected chi connectivity index (χ4v) is 2.51. The van der Waals surface area contributed by atoms with Gasteiger partial charge in [0, 0.05) is 12.5 Å². The normalized spacial score (nSPS) is 11.9. The summed E-state index contributed by atoms with van der Waals surface area (Å²) >= 11 is 0. The van der Waals surface area contributed by atoms with Crippen molar-refractivity contribution >= 4 is 18.0 Å². The second-order valence-electron chi connectivity index (χ2n) is 6.65. The van der Waals surface area contributed by atoms with Crippen LogP contribution in [0.1, 0.15) is 28.8 Å². The molecular weight excluding hydrogens is 455 g/mol.